The maximum atomic E-state index is 13.5. The number of nitro groups is 1. The van der Waals surface area contributed by atoms with Crippen LogP contribution in [-0.2, 0) is 4.79 Å². The van der Waals surface area contributed by atoms with Gasteiger partial charge in [0.05, 0.1) is 4.92 Å². The zero-order chi connectivity index (χ0) is 20.7. The number of rotatable bonds is 7. The van der Waals surface area contributed by atoms with Gasteiger partial charge in [0.15, 0.2) is 0 Å². The highest BCUT2D eigenvalue weighted by atomic mass is 35.5. The van der Waals surface area contributed by atoms with E-state index in [0.717, 1.165) is 6.07 Å². The highest BCUT2D eigenvalue weighted by Gasteiger charge is 2.12. The Morgan fingerprint density at radius 3 is 2.57 bits per heavy atom. The Labute approximate surface area is 165 Å². The van der Waals surface area contributed by atoms with Gasteiger partial charge in [0.1, 0.15) is 10.8 Å². The van der Waals surface area contributed by atoms with Gasteiger partial charge in [-0.2, -0.15) is 0 Å². The summed E-state index contributed by atoms with van der Waals surface area (Å²) in [7, 11) is 0. The van der Waals surface area contributed by atoms with E-state index in [-0.39, 0.29) is 29.4 Å². The van der Waals surface area contributed by atoms with Crippen LogP contribution in [0.2, 0.25) is 5.02 Å². The highest BCUT2D eigenvalue weighted by Crippen LogP contribution is 2.25. The number of carbonyl (C=O) groups excluding carboxylic acids is 2. The summed E-state index contributed by atoms with van der Waals surface area (Å²) in [6.45, 7) is 1.91. The molecule has 0 spiro atoms. The van der Waals surface area contributed by atoms with Gasteiger partial charge in [0.25, 0.3) is 11.6 Å². The maximum Gasteiger partial charge on any atom is 0.288 e. The number of aryl methyl sites for hydroxylation is 1. The fourth-order valence-electron chi connectivity index (χ4n) is 2.20. The van der Waals surface area contributed by atoms with Crippen LogP contribution >= 0.6 is 11.6 Å². The molecule has 0 unspecified atom stereocenters. The van der Waals surface area contributed by atoms with Gasteiger partial charge in [-0.1, -0.05) is 23.7 Å². The fourth-order valence-corrected chi connectivity index (χ4v) is 2.39. The Bertz CT molecular complexity index is 947. The van der Waals surface area contributed by atoms with E-state index in [1.807, 2.05) is 0 Å². The fraction of sp³-hybridized carbons (Fsp3) is 0.158. The van der Waals surface area contributed by atoms with E-state index in [4.69, 9.17) is 11.6 Å². The van der Waals surface area contributed by atoms with Gasteiger partial charge < -0.3 is 10.6 Å². The summed E-state index contributed by atoms with van der Waals surface area (Å²) in [5.41, 5.74) is 0.834. The predicted octanol–water partition coefficient (Wildman–Crippen LogP) is 3.26. The van der Waals surface area contributed by atoms with Gasteiger partial charge in [0, 0.05) is 30.8 Å². The molecule has 146 valence electrons. The summed E-state index contributed by atoms with van der Waals surface area (Å²) in [6.07, 6.45) is 2.62. The molecule has 2 aromatic rings. The van der Waals surface area contributed by atoms with E-state index >= 15 is 0 Å². The lowest BCUT2D eigenvalue weighted by atomic mass is 10.1. The first-order chi connectivity index (χ1) is 13.3. The smallest absolute Gasteiger partial charge is 0.288 e. The van der Waals surface area contributed by atoms with Crippen LogP contribution < -0.4 is 10.6 Å². The van der Waals surface area contributed by atoms with E-state index in [1.165, 1.54) is 36.4 Å². The number of nitrogens with zero attached hydrogens (tertiary/aromatic N) is 1. The molecular weight excluding hydrogens is 389 g/mol. The van der Waals surface area contributed by atoms with Crippen molar-refractivity contribution in [2.24, 2.45) is 0 Å². The van der Waals surface area contributed by atoms with Crippen LogP contribution in [-0.4, -0.2) is 29.8 Å². The largest absolute Gasteiger partial charge is 0.351 e. The zero-order valence-corrected chi connectivity index (χ0v) is 15.6. The molecule has 0 aliphatic heterocycles. The summed E-state index contributed by atoms with van der Waals surface area (Å²) in [5.74, 6) is -1.35. The minimum atomic E-state index is -0.609. The second-order valence-electron chi connectivity index (χ2n) is 5.81. The molecule has 0 heterocycles. The number of nitrogens with one attached hydrogen (secondary N) is 2. The molecule has 2 aromatic carbocycles. The molecule has 2 amide bonds. The number of carbonyl (C=O) groups is 2. The summed E-state index contributed by atoms with van der Waals surface area (Å²) < 4.78 is 13.5. The van der Waals surface area contributed by atoms with E-state index in [0.29, 0.717) is 11.1 Å². The first kappa shape index (κ1) is 21.0. The minimum Gasteiger partial charge on any atom is -0.351 e. The third kappa shape index (κ3) is 5.88. The molecule has 2 N–H and O–H groups in total. The lowest BCUT2D eigenvalue weighted by Gasteiger charge is -2.06. The molecule has 2 rings (SSSR count). The van der Waals surface area contributed by atoms with Crippen molar-refractivity contribution < 1.29 is 18.9 Å². The van der Waals surface area contributed by atoms with Crippen molar-refractivity contribution in [2.75, 3.05) is 13.1 Å². The average molecular weight is 406 g/mol. The van der Waals surface area contributed by atoms with E-state index in [1.54, 1.807) is 13.0 Å². The first-order valence-electron chi connectivity index (χ1n) is 8.22. The number of hydrogen-bond acceptors (Lipinski definition) is 4. The Morgan fingerprint density at radius 1 is 1.18 bits per heavy atom. The Morgan fingerprint density at radius 2 is 1.89 bits per heavy atom. The number of amides is 2. The monoisotopic (exact) mass is 405 g/mol. The number of hydrogen-bond donors (Lipinski definition) is 2. The molecule has 7 nitrogen and oxygen atoms in total. The predicted molar refractivity (Wildman–Crippen MR) is 104 cm³/mol. The second-order valence-corrected chi connectivity index (χ2v) is 6.22. The molecule has 0 fully saturated rings. The van der Waals surface area contributed by atoms with Crippen molar-refractivity contribution in [3.63, 3.8) is 0 Å². The van der Waals surface area contributed by atoms with Gasteiger partial charge in [0.2, 0.25) is 5.91 Å². The molecular formula is C19H17ClFN3O4. The van der Waals surface area contributed by atoms with Gasteiger partial charge >= 0.3 is 0 Å². The minimum absolute atomic E-state index is 0.0100. The normalized spacial score (nSPS) is 10.7. The molecule has 0 bridgehead atoms. The van der Waals surface area contributed by atoms with Crippen LogP contribution in [0.15, 0.2) is 42.5 Å². The van der Waals surface area contributed by atoms with E-state index < -0.39 is 22.6 Å². The topological polar surface area (TPSA) is 101 Å². The molecule has 28 heavy (non-hydrogen) atoms. The first-order valence-corrected chi connectivity index (χ1v) is 8.60. The van der Waals surface area contributed by atoms with Crippen LogP contribution in [0.5, 0.6) is 0 Å². The van der Waals surface area contributed by atoms with E-state index in [9.17, 15) is 24.1 Å². The van der Waals surface area contributed by atoms with Gasteiger partial charge in [-0.05, 0) is 42.3 Å². The molecule has 0 radical (unpaired) electrons. The molecule has 0 aromatic heterocycles. The lowest BCUT2D eigenvalue weighted by molar-refractivity contribution is -0.384. The average Bonchev–Trinajstić information content (AvgIpc) is 2.66. The Balaban J connectivity index is 1.80. The number of nitro benzene ring substituents is 1. The third-order valence-electron chi connectivity index (χ3n) is 3.74. The Kier molecular flexibility index (Phi) is 7.22. The quantitative estimate of drug-likeness (QED) is 0.319. The summed E-state index contributed by atoms with van der Waals surface area (Å²) >= 11 is 5.72. The van der Waals surface area contributed by atoms with Crippen LogP contribution in [0, 0.1) is 22.9 Å². The van der Waals surface area contributed by atoms with Crippen molar-refractivity contribution in [3.05, 3.63) is 80.1 Å². The van der Waals surface area contributed by atoms with E-state index in [2.05, 4.69) is 10.6 Å². The molecule has 0 saturated carbocycles. The zero-order valence-electron chi connectivity index (χ0n) is 14.9. The Hall–Kier alpha value is -3.26. The third-order valence-corrected chi connectivity index (χ3v) is 4.06. The summed E-state index contributed by atoms with van der Waals surface area (Å²) in [6, 6.07) is 8.35. The van der Waals surface area contributed by atoms with Gasteiger partial charge in [-0.3, -0.25) is 19.7 Å². The standard InChI is InChI=1S/C19H17ClFN3O4/c1-12-2-5-14(11-16(12)21)19(26)23-9-8-22-18(25)7-4-13-3-6-15(20)17(10-13)24(27)28/h2-7,10-11H,8-9H2,1H3,(H,22,25)(H,23,26)/b7-4+. The van der Waals surface area contributed by atoms with Crippen molar-refractivity contribution in [3.8, 4) is 0 Å². The van der Waals surface area contributed by atoms with Crippen LogP contribution in [0.3, 0.4) is 0 Å². The van der Waals surface area contributed by atoms with Crippen molar-refractivity contribution in [1.82, 2.24) is 10.6 Å². The van der Waals surface area contributed by atoms with Crippen LogP contribution in [0.25, 0.3) is 6.08 Å². The number of halogens is 2. The van der Waals surface area contributed by atoms with Crippen molar-refractivity contribution in [2.45, 2.75) is 6.92 Å². The molecule has 0 aliphatic rings. The summed E-state index contributed by atoms with van der Waals surface area (Å²) in [4.78, 5) is 33.9. The summed E-state index contributed by atoms with van der Waals surface area (Å²) in [5, 5.41) is 16.0. The molecule has 9 heteroatoms. The van der Waals surface area contributed by atoms with Crippen LogP contribution in [0.1, 0.15) is 21.5 Å². The van der Waals surface area contributed by atoms with Crippen molar-refractivity contribution >= 4 is 35.2 Å². The van der Waals surface area contributed by atoms with Crippen molar-refractivity contribution in [1.29, 1.82) is 0 Å². The lowest BCUT2D eigenvalue weighted by Crippen LogP contribution is -2.34. The van der Waals surface area contributed by atoms with Gasteiger partial charge in [-0.15, -0.1) is 0 Å². The maximum absolute atomic E-state index is 13.5. The molecule has 0 atom stereocenters. The number of benzene rings is 2. The SMILES string of the molecule is Cc1ccc(C(=O)NCCNC(=O)/C=C/c2ccc(Cl)c([N+](=O)[O-])c2)cc1F. The second kappa shape index (κ2) is 9.61. The molecule has 0 aliphatic carbocycles. The van der Waals surface area contributed by atoms with Gasteiger partial charge in [-0.25, -0.2) is 4.39 Å². The highest BCUT2D eigenvalue weighted by molar-refractivity contribution is 6.32. The van der Waals surface area contributed by atoms with Crippen LogP contribution in [0.4, 0.5) is 10.1 Å². The molecule has 0 saturated heterocycles.